The lowest BCUT2D eigenvalue weighted by molar-refractivity contribution is -0.244. The van der Waals surface area contributed by atoms with Crippen LogP contribution in [-0.4, -0.2) is 28.7 Å². The third kappa shape index (κ3) is 3.60. The van der Waals surface area contributed by atoms with Gasteiger partial charge in [-0.25, -0.2) is 4.79 Å². The number of aliphatic hydroxyl groups is 1. The zero-order valence-corrected chi connectivity index (χ0v) is 9.53. The first kappa shape index (κ1) is 14.1. The minimum Gasteiger partial charge on any atom is -0.395 e. The van der Waals surface area contributed by atoms with E-state index in [4.69, 9.17) is 10.4 Å². The molecule has 0 aliphatic carbocycles. The van der Waals surface area contributed by atoms with Crippen molar-refractivity contribution >= 4 is 11.8 Å². The Morgan fingerprint density at radius 1 is 1.13 bits per heavy atom. The summed E-state index contributed by atoms with van der Waals surface area (Å²) in [4.78, 5) is 26.4. The van der Waals surface area contributed by atoms with Gasteiger partial charge in [0.15, 0.2) is 0 Å². The van der Waals surface area contributed by atoms with E-state index in [0.29, 0.717) is 0 Å². The van der Waals surface area contributed by atoms with Crippen molar-refractivity contribution in [1.82, 2.24) is 0 Å². The van der Waals surface area contributed by atoms with Gasteiger partial charge in [0, 0.05) is 11.8 Å². The molecule has 0 aliphatic heterocycles. The number of rotatable bonds is 5. The summed E-state index contributed by atoms with van der Waals surface area (Å²) in [6, 6.07) is 0. The highest BCUT2D eigenvalue weighted by atomic mass is 17.1. The van der Waals surface area contributed by atoms with E-state index < -0.39 is 16.8 Å². The lowest BCUT2D eigenvalue weighted by Gasteiger charge is -2.25. The lowest BCUT2D eigenvalue weighted by atomic mass is 9.78. The van der Waals surface area contributed by atoms with Gasteiger partial charge >= 0.3 is 5.97 Å². The first-order valence-electron chi connectivity index (χ1n) is 4.67. The van der Waals surface area contributed by atoms with Crippen LogP contribution in [0.3, 0.4) is 0 Å². The molecule has 5 heteroatoms. The lowest BCUT2D eigenvalue weighted by Crippen LogP contribution is -2.36. The van der Waals surface area contributed by atoms with E-state index in [0.717, 1.165) is 0 Å². The molecule has 0 atom stereocenters. The second-order valence-electron chi connectivity index (χ2n) is 4.90. The van der Waals surface area contributed by atoms with Crippen LogP contribution in [-0.2, 0) is 14.5 Å². The van der Waals surface area contributed by atoms with E-state index in [2.05, 4.69) is 4.89 Å². The zero-order chi connectivity index (χ0) is 12.3. The average molecular weight is 218 g/mol. The van der Waals surface area contributed by atoms with Crippen LogP contribution in [0.5, 0.6) is 0 Å². The van der Waals surface area contributed by atoms with Crippen molar-refractivity contribution in [2.75, 3.05) is 6.61 Å². The molecule has 0 rings (SSSR count). The summed E-state index contributed by atoms with van der Waals surface area (Å²) in [7, 11) is 0. The van der Waals surface area contributed by atoms with E-state index in [1.165, 1.54) is 13.8 Å². The summed E-state index contributed by atoms with van der Waals surface area (Å²) in [5.41, 5.74) is -1.97. The predicted octanol–water partition coefficient (Wildman–Crippen LogP) is 1.01. The first-order chi connectivity index (χ1) is 6.67. The molecule has 0 aliphatic rings. The Hall–Kier alpha value is -0.940. The molecule has 0 amide bonds. The van der Waals surface area contributed by atoms with Gasteiger partial charge in [0.25, 0.3) is 0 Å². The Balaban J connectivity index is 4.61. The van der Waals surface area contributed by atoms with Gasteiger partial charge in [-0.05, 0) is 13.8 Å². The predicted molar refractivity (Wildman–Crippen MR) is 53.0 cm³/mol. The maximum Gasteiger partial charge on any atom is 0.348 e. The maximum atomic E-state index is 11.7. The Morgan fingerprint density at radius 2 is 1.60 bits per heavy atom. The van der Waals surface area contributed by atoms with Gasteiger partial charge in [0.05, 0.1) is 12.0 Å². The SMILES string of the molecule is CC(C)(CO)C(=O)CC(C)(C)C(=O)OO. The third-order valence-electron chi connectivity index (χ3n) is 2.39. The third-order valence-corrected chi connectivity index (χ3v) is 2.39. The van der Waals surface area contributed by atoms with Gasteiger partial charge in [0.2, 0.25) is 0 Å². The van der Waals surface area contributed by atoms with Crippen LogP contribution in [0.1, 0.15) is 34.1 Å². The molecule has 2 N–H and O–H groups in total. The number of aliphatic hydroxyl groups excluding tert-OH is 1. The van der Waals surface area contributed by atoms with Crippen molar-refractivity contribution in [2.24, 2.45) is 10.8 Å². The van der Waals surface area contributed by atoms with Crippen molar-refractivity contribution in [1.29, 1.82) is 0 Å². The standard InChI is InChI=1S/C10H18O5/c1-9(2,8(13)15-14)5-7(12)10(3,4)6-11/h11,14H,5-6H2,1-4H3. The Labute approximate surface area is 89.0 Å². The zero-order valence-electron chi connectivity index (χ0n) is 9.53. The molecule has 15 heavy (non-hydrogen) atoms. The normalized spacial score (nSPS) is 12.4. The van der Waals surface area contributed by atoms with Crippen molar-refractivity contribution in [3.05, 3.63) is 0 Å². The summed E-state index contributed by atoms with van der Waals surface area (Å²) < 4.78 is 0. The number of hydrogen-bond donors (Lipinski definition) is 2. The van der Waals surface area contributed by atoms with Crippen molar-refractivity contribution in [3.8, 4) is 0 Å². The topological polar surface area (TPSA) is 83.8 Å². The largest absolute Gasteiger partial charge is 0.395 e. The van der Waals surface area contributed by atoms with Crippen molar-refractivity contribution in [2.45, 2.75) is 34.1 Å². The smallest absolute Gasteiger partial charge is 0.348 e. The minimum absolute atomic E-state index is 0.0834. The number of Topliss-reactive ketones (excluding diaryl/α,β-unsaturated/α-hetero) is 1. The number of hydrogen-bond acceptors (Lipinski definition) is 5. The molecular weight excluding hydrogens is 200 g/mol. The molecule has 0 unspecified atom stereocenters. The maximum absolute atomic E-state index is 11.7. The second-order valence-corrected chi connectivity index (χ2v) is 4.90. The van der Waals surface area contributed by atoms with Gasteiger partial charge in [-0.3, -0.25) is 4.79 Å². The van der Waals surface area contributed by atoms with Crippen LogP contribution in [0.25, 0.3) is 0 Å². The summed E-state index contributed by atoms with van der Waals surface area (Å²) in [6.45, 7) is 5.90. The molecule has 0 aromatic carbocycles. The molecule has 0 saturated heterocycles. The van der Waals surface area contributed by atoms with E-state index in [1.54, 1.807) is 13.8 Å². The molecule has 0 radical (unpaired) electrons. The van der Waals surface area contributed by atoms with Crippen LogP contribution in [0.2, 0.25) is 0 Å². The summed E-state index contributed by atoms with van der Waals surface area (Å²) in [6.07, 6.45) is -0.0834. The molecule has 0 aromatic rings. The minimum atomic E-state index is -1.09. The monoisotopic (exact) mass is 218 g/mol. The average Bonchev–Trinajstić information content (AvgIpc) is 2.15. The number of carbonyl (C=O) groups excluding carboxylic acids is 2. The Kier molecular flexibility index (Phi) is 4.42. The van der Waals surface area contributed by atoms with Crippen LogP contribution in [0.15, 0.2) is 0 Å². The van der Waals surface area contributed by atoms with Gasteiger partial charge in [-0.2, -0.15) is 5.26 Å². The van der Waals surface area contributed by atoms with Crippen LogP contribution in [0, 0.1) is 10.8 Å². The molecule has 0 heterocycles. The summed E-state index contributed by atoms with van der Waals surface area (Å²) in [5, 5.41) is 17.2. The molecule has 0 fully saturated rings. The molecule has 0 bridgehead atoms. The molecule has 0 saturated carbocycles. The second kappa shape index (κ2) is 4.72. The molecular formula is C10H18O5. The van der Waals surface area contributed by atoms with Gasteiger partial charge in [-0.15, -0.1) is 0 Å². The number of carbonyl (C=O) groups is 2. The van der Waals surface area contributed by atoms with Crippen LogP contribution in [0.4, 0.5) is 0 Å². The van der Waals surface area contributed by atoms with Crippen LogP contribution >= 0.6 is 0 Å². The summed E-state index contributed by atoms with van der Waals surface area (Å²) >= 11 is 0. The Bertz CT molecular complexity index is 255. The fourth-order valence-corrected chi connectivity index (χ4v) is 0.925. The summed E-state index contributed by atoms with van der Waals surface area (Å²) in [5.74, 6) is -1.11. The highest BCUT2D eigenvalue weighted by Gasteiger charge is 2.37. The van der Waals surface area contributed by atoms with E-state index >= 15 is 0 Å². The van der Waals surface area contributed by atoms with Gasteiger partial charge in [-0.1, -0.05) is 13.8 Å². The van der Waals surface area contributed by atoms with Crippen molar-refractivity contribution in [3.63, 3.8) is 0 Å². The molecule has 0 aromatic heterocycles. The molecule has 88 valence electrons. The van der Waals surface area contributed by atoms with Crippen molar-refractivity contribution < 1.29 is 24.8 Å². The van der Waals surface area contributed by atoms with E-state index in [9.17, 15) is 9.59 Å². The highest BCUT2D eigenvalue weighted by molar-refractivity contribution is 5.89. The number of ketones is 1. The molecule has 5 nitrogen and oxygen atoms in total. The fourth-order valence-electron chi connectivity index (χ4n) is 0.925. The highest BCUT2D eigenvalue weighted by Crippen LogP contribution is 2.28. The van der Waals surface area contributed by atoms with E-state index in [-0.39, 0.29) is 18.8 Å². The quantitative estimate of drug-likeness (QED) is 0.531. The Morgan fingerprint density at radius 3 is 1.93 bits per heavy atom. The van der Waals surface area contributed by atoms with Crippen LogP contribution < -0.4 is 0 Å². The van der Waals surface area contributed by atoms with E-state index in [1.807, 2.05) is 0 Å². The van der Waals surface area contributed by atoms with Gasteiger partial charge < -0.3 is 9.99 Å². The van der Waals surface area contributed by atoms with Gasteiger partial charge in [0.1, 0.15) is 5.78 Å². The molecule has 0 spiro atoms. The first-order valence-corrected chi connectivity index (χ1v) is 4.67. The fraction of sp³-hybridized carbons (Fsp3) is 0.800.